The molecule has 0 unspecified atom stereocenters. The van der Waals surface area contributed by atoms with Gasteiger partial charge in [-0.1, -0.05) is 42.5 Å². The van der Waals surface area contributed by atoms with Gasteiger partial charge in [0.05, 0.1) is 5.92 Å². The average molecular weight is 444 g/mol. The van der Waals surface area contributed by atoms with Gasteiger partial charge in [-0.15, -0.1) is 11.3 Å². The van der Waals surface area contributed by atoms with Crippen LogP contribution < -0.4 is 0 Å². The quantitative estimate of drug-likeness (QED) is 0.428. The largest absolute Gasteiger partial charge is 0.457 e. The first-order chi connectivity index (χ1) is 14.4. The molecule has 3 aromatic rings. The third-order valence-corrected chi connectivity index (χ3v) is 8.57. The molecule has 6 nitrogen and oxygen atoms in total. The van der Waals surface area contributed by atoms with Crippen molar-refractivity contribution >= 4 is 43.9 Å². The highest BCUT2D eigenvalue weighted by atomic mass is 32.2. The molecule has 0 spiro atoms. The van der Waals surface area contributed by atoms with Gasteiger partial charge >= 0.3 is 5.97 Å². The predicted octanol–water partition coefficient (Wildman–Crippen LogP) is 3.73. The number of ketones is 1. The molecule has 0 N–H and O–H groups in total. The number of ether oxygens (including phenoxy) is 1. The number of rotatable bonds is 6. The fraction of sp³-hybridized carbons (Fsp3) is 0.273. The highest BCUT2D eigenvalue weighted by Crippen LogP contribution is 2.27. The Morgan fingerprint density at radius 2 is 1.73 bits per heavy atom. The summed E-state index contributed by atoms with van der Waals surface area (Å²) in [5, 5.41) is 3.72. The standard InChI is InChI=1S/C22H21NO5S2/c24-20(19-8-7-16-4-1-2-5-18(16)14-19)15-28-22(25)17-9-11-23(12-10-17)30(26,27)21-6-3-13-29-21/h1-8,13-14,17H,9-12,15H2. The SMILES string of the molecule is O=C(COC(=O)C1CCN(S(=O)(=O)c2cccs2)CC1)c1ccc2ccccc2c1. The third kappa shape index (κ3) is 4.30. The lowest BCUT2D eigenvalue weighted by atomic mass is 9.98. The Bertz CT molecular complexity index is 1160. The summed E-state index contributed by atoms with van der Waals surface area (Å²) in [7, 11) is -3.50. The summed E-state index contributed by atoms with van der Waals surface area (Å²) in [4.78, 5) is 24.8. The van der Waals surface area contributed by atoms with E-state index in [1.165, 1.54) is 15.6 Å². The van der Waals surface area contributed by atoms with E-state index in [-0.39, 0.29) is 25.5 Å². The van der Waals surface area contributed by atoms with Gasteiger partial charge in [0.2, 0.25) is 0 Å². The Morgan fingerprint density at radius 3 is 2.43 bits per heavy atom. The van der Waals surface area contributed by atoms with Crippen molar-refractivity contribution in [3.8, 4) is 0 Å². The number of fused-ring (bicyclic) bond motifs is 1. The first-order valence-corrected chi connectivity index (χ1v) is 12.0. The van der Waals surface area contributed by atoms with Crippen LogP contribution in [0.1, 0.15) is 23.2 Å². The summed E-state index contributed by atoms with van der Waals surface area (Å²) >= 11 is 1.18. The lowest BCUT2D eigenvalue weighted by Crippen LogP contribution is -2.40. The number of hydrogen-bond acceptors (Lipinski definition) is 6. The second-order valence-corrected chi connectivity index (χ2v) is 10.3. The number of carbonyl (C=O) groups is 2. The molecule has 8 heteroatoms. The molecule has 2 heterocycles. The van der Waals surface area contributed by atoms with Crippen LogP contribution in [0.15, 0.2) is 64.2 Å². The number of sulfonamides is 1. The number of thiophene rings is 1. The number of benzene rings is 2. The Morgan fingerprint density at radius 1 is 1.00 bits per heavy atom. The maximum atomic E-state index is 12.6. The number of esters is 1. The van der Waals surface area contributed by atoms with Crippen LogP contribution in [0.2, 0.25) is 0 Å². The lowest BCUT2D eigenvalue weighted by molar-refractivity contribution is -0.148. The monoisotopic (exact) mass is 443 g/mol. The molecule has 0 aliphatic carbocycles. The smallest absolute Gasteiger partial charge is 0.309 e. The third-order valence-electron chi connectivity index (χ3n) is 5.29. The minimum absolute atomic E-state index is 0.258. The van der Waals surface area contributed by atoms with E-state index in [1.807, 2.05) is 30.3 Å². The number of carbonyl (C=O) groups excluding carboxylic acids is 2. The molecule has 1 aliphatic rings. The van der Waals surface area contributed by atoms with Gasteiger partial charge in [0.1, 0.15) is 4.21 Å². The van der Waals surface area contributed by atoms with Gasteiger partial charge in [0, 0.05) is 18.7 Å². The Hall–Kier alpha value is -2.55. The van der Waals surface area contributed by atoms with E-state index in [0.29, 0.717) is 22.6 Å². The maximum Gasteiger partial charge on any atom is 0.309 e. The lowest BCUT2D eigenvalue weighted by Gasteiger charge is -2.29. The molecule has 1 aromatic heterocycles. The molecule has 0 amide bonds. The van der Waals surface area contributed by atoms with E-state index in [9.17, 15) is 18.0 Å². The van der Waals surface area contributed by atoms with Crippen molar-refractivity contribution in [1.82, 2.24) is 4.31 Å². The second-order valence-electron chi connectivity index (χ2n) is 7.20. The minimum atomic E-state index is -3.50. The molecule has 30 heavy (non-hydrogen) atoms. The Labute approximate surface area is 179 Å². The average Bonchev–Trinajstić information content (AvgIpc) is 3.33. The van der Waals surface area contributed by atoms with Gasteiger partial charge in [-0.05, 0) is 41.1 Å². The van der Waals surface area contributed by atoms with Crippen LogP contribution in [-0.4, -0.2) is 44.2 Å². The van der Waals surface area contributed by atoms with E-state index in [1.54, 1.807) is 29.6 Å². The minimum Gasteiger partial charge on any atom is -0.457 e. The summed E-state index contributed by atoms with van der Waals surface area (Å²) in [5.74, 6) is -1.10. The number of nitrogens with zero attached hydrogens (tertiary/aromatic N) is 1. The van der Waals surface area contributed by atoms with Gasteiger partial charge in [0.15, 0.2) is 12.4 Å². The highest BCUT2D eigenvalue weighted by molar-refractivity contribution is 7.91. The van der Waals surface area contributed by atoms with Crippen LogP contribution in [0.25, 0.3) is 10.8 Å². The molecule has 0 atom stereocenters. The van der Waals surface area contributed by atoms with Crippen molar-refractivity contribution in [2.75, 3.05) is 19.7 Å². The van der Waals surface area contributed by atoms with Crippen LogP contribution in [0, 0.1) is 5.92 Å². The van der Waals surface area contributed by atoms with E-state index < -0.39 is 21.9 Å². The Balaban J connectivity index is 1.31. The van der Waals surface area contributed by atoms with E-state index in [2.05, 4.69) is 0 Å². The van der Waals surface area contributed by atoms with Crippen LogP contribution >= 0.6 is 11.3 Å². The van der Waals surface area contributed by atoms with Crippen molar-refractivity contribution in [3.05, 3.63) is 65.5 Å². The first kappa shape index (κ1) is 20.7. The topological polar surface area (TPSA) is 80.8 Å². The molecule has 1 fully saturated rings. The van der Waals surface area contributed by atoms with E-state index >= 15 is 0 Å². The van der Waals surface area contributed by atoms with Crippen LogP contribution in [-0.2, 0) is 19.6 Å². The zero-order valence-corrected chi connectivity index (χ0v) is 17.8. The normalized spacial score (nSPS) is 15.9. The van der Waals surface area contributed by atoms with E-state index in [4.69, 9.17) is 4.74 Å². The fourth-order valence-corrected chi connectivity index (χ4v) is 6.18. The number of Topliss-reactive ketones (excluding diaryl/α,β-unsaturated/α-hetero) is 1. The zero-order valence-electron chi connectivity index (χ0n) is 16.2. The van der Waals surface area contributed by atoms with E-state index in [0.717, 1.165) is 10.8 Å². The molecule has 1 saturated heterocycles. The molecular weight excluding hydrogens is 422 g/mol. The van der Waals surface area contributed by atoms with Gasteiger partial charge in [-0.2, -0.15) is 4.31 Å². The second kappa shape index (κ2) is 8.67. The fourth-order valence-electron chi connectivity index (χ4n) is 3.57. The molecule has 4 rings (SSSR count). The summed E-state index contributed by atoms with van der Waals surface area (Å²) < 4.78 is 32.1. The van der Waals surface area contributed by atoms with Gasteiger partial charge in [-0.3, -0.25) is 9.59 Å². The van der Waals surface area contributed by atoms with Crippen molar-refractivity contribution in [1.29, 1.82) is 0 Å². The maximum absolute atomic E-state index is 12.6. The van der Waals surface area contributed by atoms with Crippen LogP contribution in [0.4, 0.5) is 0 Å². The van der Waals surface area contributed by atoms with Crippen molar-refractivity contribution in [2.45, 2.75) is 17.1 Å². The molecule has 0 saturated carbocycles. The molecule has 0 bridgehead atoms. The molecule has 2 aromatic carbocycles. The zero-order chi connectivity index (χ0) is 21.1. The van der Waals surface area contributed by atoms with Crippen LogP contribution in [0.3, 0.4) is 0 Å². The number of hydrogen-bond donors (Lipinski definition) is 0. The van der Waals surface area contributed by atoms with Gasteiger partial charge in [0.25, 0.3) is 10.0 Å². The number of piperidine rings is 1. The molecular formula is C22H21NO5S2. The van der Waals surface area contributed by atoms with Crippen molar-refractivity contribution in [2.24, 2.45) is 5.92 Å². The first-order valence-electron chi connectivity index (χ1n) is 9.67. The Kier molecular flexibility index (Phi) is 5.99. The van der Waals surface area contributed by atoms with Crippen molar-refractivity contribution < 1.29 is 22.7 Å². The summed E-state index contributed by atoms with van der Waals surface area (Å²) in [5.41, 5.74) is 0.498. The summed E-state index contributed by atoms with van der Waals surface area (Å²) in [6, 6.07) is 16.4. The van der Waals surface area contributed by atoms with Gasteiger partial charge < -0.3 is 4.74 Å². The predicted molar refractivity (Wildman–Crippen MR) is 115 cm³/mol. The molecule has 0 radical (unpaired) electrons. The van der Waals surface area contributed by atoms with Gasteiger partial charge in [-0.25, -0.2) is 8.42 Å². The summed E-state index contributed by atoms with van der Waals surface area (Å²) in [6.07, 6.45) is 0.765. The summed E-state index contributed by atoms with van der Waals surface area (Å²) in [6.45, 7) is 0.210. The molecule has 156 valence electrons. The van der Waals surface area contributed by atoms with Crippen LogP contribution in [0.5, 0.6) is 0 Å². The van der Waals surface area contributed by atoms with Crippen molar-refractivity contribution in [3.63, 3.8) is 0 Å². The highest BCUT2D eigenvalue weighted by Gasteiger charge is 2.33. The molecule has 1 aliphatic heterocycles.